The van der Waals surface area contributed by atoms with Gasteiger partial charge in [-0.15, -0.1) is 0 Å². The van der Waals surface area contributed by atoms with Crippen LogP contribution in [-0.2, 0) is 17.6 Å². The summed E-state index contributed by atoms with van der Waals surface area (Å²) in [4.78, 5) is 17.6. The Kier molecular flexibility index (Phi) is 3.89. The molecule has 1 atom stereocenters. The van der Waals surface area contributed by atoms with Gasteiger partial charge in [0.1, 0.15) is 5.78 Å². The van der Waals surface area contributed by atoms with Crippen molar-refractivity contribution in [2.45, 2.75) is 33.1 Å². The number of hydrogen-bond acceptors (Lipinski definition) is 5. The highest BCUT2D eigenvalue weighted by molar-refractivity contribution is 5.77. The third-order valence-electron chi connectivity index (χ3n) is 3.20. The van der Waals surface area contributed by atoms with Crippen LogP contribution < -0.4 is 0 Å². The number of hydrogen-bond donors (Lipinski definition) is 0. The minimum absolute atomic E-state index is 0.0652. The topological polar surface area (TPSA) is 59.2 Å². The lowest BCUT2D eigenvalue weighted by molar-refractivity contribution is -0.116. The molecular formula is C12H19N3O2. The van der Waals surface area contributed by atoms with Crippen LogP contribution in [0.1, 0.15) is 32.0 Å². The molecule has 5 heteroatoms. The Morgan fingerprint density at radius 2 is 2.41 bits per heavy atom. The van der Waals surface area contributed by atoms with E-state index in [1.54, 1.807) is 0 Å². The molecule has 0 radical (unpaired) electrons. The van der Waals surface area contributed by atoms with Crippen molar-refractivity contribution in [1.82, 2.24) is 15.0 Å². The average molecular weight is 237 g/mol. The fraction of sp³-hybridized carbons (Fsp3) is 0.750. The third kappa shape index (κ3) is 3.36. The number of aromatic nitrogens is 2. The van der Waals surface area contributed by atoms with Crippen molar-refractivity contribution in [2.24, 2.45) is 5.92 Å². The molecule has 1 unspecified atom stereocenters. The molecule has 1 aliphatic rings. The summed E-state index contributed by atoms with van der Waals surface area (Å²) in [6.45, 7) is 7.10. The predicted molar refractivity (Wildman–Crippen MR) is 62.6 cm³/mol. The molecule has 0 spiro atoms. The van der Waals surface area contributed by atoms with Gasteiger partial charge in [-0.1, -0.05) is 12.1 Å². The lowest BCUT2D eigenvalue weighted by Crippen LogP contribution is -2.20. The van der Waals surface area contributed by atoms with Gasteiger partial charge in [-0.2, -0.15) is 4.98 Å². The molecule has 0 aromatic carbocycles. The molecule has 0 bridgehead atoms. The summed E-state index contributed by atoms with van der Waals surface area (Å²) in [5.41, 5.74) is 0. The summed E-state index contributed by atoms with van der Waals surface area (Å²) in [6.07, 6.45) is 2.30. The molecule has 1 aromatic rings. The van der Waals surface area contributed by atoms with Gasteiger partial charge < -0.3 is 9.42 Å². The first-order valence-electron chi connectivity index (χ1n) is 6.20. The lowest BCUT2D eigenvalue weighted by atomic mass is 10.1. The summed E-state index contributed by atoms with van der Waals surface area (Å²) in [7, 11) is 0. The Bertz CT molecular complexity index is 389. The standard InChI is InChI=1S/C12H19N3O2/c1-3-15-5-4-10(8-15)7-12-13-11(14-17-12)6-9(2)16/h10H,3-8H2,1-2H3. The van der Waals surface area contributed by atoms with E-state index < -0.39 is 0 Å². The van der Waals surface area contributed by atoms with E-state index in [2.05, 4.69) is 22.0 Å². The Morgan fingerprint density at radius 1 is 1.59 bits per heavy atom. The highest BCUT2D eigenvalue weighted by Crippen LogP contribution is 2.19. The van der Waals surface area contributed by atoms with Gasteiger partial charge in [0.25, 0.3) is 0 Å². The zero-order valence-electron chi connectivity index (χ0n) is 10.5. The average Bonchev–Trinajstić information content (AvgIpc) is 2.88. The van der Waals surface area contributed by atoms with Gasteiger partial charge in [-0.05, 0) is 32.4 Å². The van der Waals surface area contributed by atoms with Crippen LogP contribution in [0.5, 0.6) is 0 Å². The van der Waals surface area contributed by atoms with Gasteiger partial charge in [0.15, 0.2) is 5.82 Å². The minimum atomic E-state index is 0.0652. The van der Waals surface area contributed by atoms with Crippen LogP contribution in [-0.4, -0.2) is 40.5 Å². The van der Waals surface area contributed by atoms with Crippen LogP contribution >= 0.6 is 0 Å². The molecule has 1 saturated heterocycles. The molecule has 2 heterocycles. The smallest absolute Gasteiger partial charge is 0.226 e. The third-order valence-corrected chi connectivity index (χ3v) is 3.20. The van der Waals surface area contributed by atoms with Gasteiger partial charge >= 0.3 is 0 Å². The van der Waals surface area contributed by atoms with Gasteiger partial charge in [-0.25, -0.2) is 0 Å². The maximum absolute atomic E-state index is 10.9. The van der Waals surface area contributed by atoms with E-state index in [1.807, 2.05) is 0 Å². The lowest BCUT2D eigenvalue weighted by Gasteiger charge is -2.11. The molecule has 0 saturated carbocycles. The van der Waals surface area contributed by atoms with Gasteiger partial charge in [0.05, 0.1) is 6.42 Å². The highest BCUT2D eigenvalue weighted by Gasteiger charge is 2.23. The van der Waals surface area contributed by atoms with Crippen molar-refractivity contribution in [1.29, 1.82) is 0 Å². The van der Waals surface area contributed by atoms with E-state index >= 15 is 0 Å². The molecule has 0 amide bonds. The van der Waals surface area contributed by atoms with Crippen molar-refractivity contribution in [3.8, 4) is 0 Å². The summed E-state index contributed by atoms with van der Waals surface area (Å²) in [5.74, 6) is 1.86. The molecule has 17 heavy (non-hydrogen) atoms. The van der Waals surface area contributed by atoms with Crippen LogP contribution in [0.4, 0.5) is 0 Å². The SMILES string of the molecule is CCN1CCC(Cc2nc(CC(C)=O)no2)C1. The molecule has 0 aliphatic carbocycles. The van der Waals surface area contributed by atoms with Crippen LogP contribution in [0.15, 0.2) is 4.52 Å². The molecule has 94 valence electrons. The van der Waals surface area contributed by atoms with Crippen LogP contribution in [0.25, 0.3) is 0 Å². The molecule has 1 fully saturated rings. The Morgan fingerprint density at radius 3 is 3.06 bits per heavy atom. The Hall–Kier alpha value is -1.23. The number of ketones is 1. The normalized spacial score (nSPS) is 20.9. The van der Waals surface area contributed by atoms with E-state index in [1.165, 1.54) is 13.3 Å². The van der Waals surface area contributed by atoms with Crippen molar-refractivity contribution in [2.75, 3.05) is 19.6 Å². The molecule has 0 N–H and O–H groups in total. The van der Waals surface area contributed by atoms with E-state index in [4.69, 9.17) is 4.52 Å². The maximum atomic E-state index is 10.9. The monoisotopic (exact) mass is 237 g/mol. The summed E-state index contributed by atoms with van der Waals surface area (Å²) < 4.78 is 5.16. The Labute approximate surface area is 101 Å². The largest absolute Gasteiger partial charge is 0.339 e. The predicted octanol–water partition coefficient (Wildman–Crippen LogP) is 1.09. The summed E-state index contributed by atoms with van der Waals surface area (Å²) >= 11 is 0. The molecule has 1 aromatic heterocycles. The molecular weight excluding hydrogens is 218 g/mol. The summed E-state index contributed by atoms with van der Waals surface area (Å²) in [5, 5.41) is 3.82. The number of nitrogens with zero attached hydrogens (tertiary/aromatic N) is 3. The van der Waals surface area contributed by atoms with E-state index in [-0.39, 0.29) is 12.2 Å². The quantitative estimate of drug-likeness (QED) is 0.767. The number of carbonyl (C=O) groups is 1. The minimum Gasteiger partial charge on any atom is -0.339 e. The zero-order chi connectivity index (χ0) is 12.3. The van der Waals surface area contributed by atoms with Crippen molar-refractivity contribution in [3.05, 3.63) is 11.7 Å². The Balaban J connectivity index is 1.87. The maximum Gasteiger partial charge on any atom is 0.226 e. The first-order chi connectivity index (χ1) is 8.17. The van der Waals surface area contributed by atoms with E-state index in [0.29, 0.717) is 17.6 Å². The summed E-state index contributed by atoms with van der Waals surface area (Å²) in [6, 6.07) is 0. The van der Waals surface area contributed by atoms with Crippen molar-refractivity contribution >= 4 is 5.78 Å². The highest BCUT2D eigenvalue weighted by atomic mass is 16.5. The number of likely N-dealkylation sites (tertiary alicyclic amines) is 1. The van der Waals surface area contributed by atoms with Gasteiger partial charge in [-0.3, -0.25) is 4.79 Å². The fourth-order valence-corrected chi connectivity index (χ4v) is 2.28. The van der Waals surface area contributed by atoms with E-state index in [9.17, 15) is 4.79 Å². The van der Waals surface area contributed by atoms with Crippen LogP contribution in [0.2, 0.25) is 0 Å². The first-order valence-corrected chi connectivity index (χ1v) is 6.20. The second-order valence-electron chi connectivity index (χ2n) is 4.74. The molecule has 2 rings (SSSR count). The van der Waals surface area contributed by atoms with Gasteiger partial charge in [0, 0.05) is 13.0 Å². The molecule has 1 aliphatic heterocycles. The van der Waals surface area contributed by atoms with Crippen LogP contribution in [0, 0.1) is 5.92 Å². The second-order valence-corrected chi connectivity index (χ2v) is 4.74. The first kappa shape index (κ1) is 12.2. The van der Waals surface area contributed by atoms with Gasteiger partial charge in [0.2, 0.25) is 5.89 Å². The number of Topliss-reactive ketones (excluding diaryl/α,β-unsaturated/α-hetero) is 1. The molecule has 5 nitrogen and oxygen atoms in total. The van der Waals surface area contributed by atoms with Crippen molar-refractivity contribution < 1.29 is 9.32 Å². The van der Waals surface area contributed by atoms with E-state index in [0.717, 1.165) is 26.1 Å². The second kappa shape index (κ2) is 5.40. The fourth-order valence-electron chi connectivity index (χ4n) is 2.28. The zero-order valence-corrected chi connectivity index (χ0v) is 10.5. The number of carbonyl (C=O) groups excluding carboxylic acids is 1. The van der Waals surface area contributed by atoms with Crippen molar-refractivity contribution in [3.63, 3.8) is 0 Å². The number of rotatable bonds is 5. The van der Waals surface area contributed by atoms with Crippen LogP contribution in [0.3, 0.4) is 0 Å².